The highest BCUT2D eigenvalue weighted by molar-refractivity contribution is 7.20. The number of hydrogen-bond donors (Lipinski definition) is 4. The summed E-state index contributed by atoms with van der Waals surface area (Å²) in [6, 6.07) is 7.52. The van der Waals surface area contributed by atoms with Crippen LogP contribution < -0.4 is 22.1 Å². The maximum Gasteiger partial charge on any atom is 0.341 e. The monoisotopic (exact) mass is 471 g/mol. The normalized spacial score (nSPS) is 17.8. The minimum atomic E-state index is -0.804. The smallest absolute Gasteiger partial charge is 0.341 e. The van der Waals surface area contributed by atoms with Crippen LogP contribution in [0.4, 0.5) is 14.6 Å². The summed E-state index contributed by atoms with van der Waals surface area (Å²) >= 11 is 1.17. The highest BCUT2D eigenvalue weighted by atomic mass is 32.1. The molecule has 1 saturated carbocycles. The minimum absolute atomic E-state index is 0.118. The Balaban J connectivity index is 1.51. The predicted molar refractivity (Wildman–Crippen MR) is 123 cm³/mol. The summed E-state index contributed by atoms with van der Waals surface area (Å²) in [4.78, 5) is 50.1. The van der Waals surface area contributed by atoms with Crippen LogP contribution in [-0.4, -0.2) is 54.1 Å². The summed E-state index contributed by atoms with van der Waals surface area (Å²) in [5, 5.41) is 5.68. The fourth-order valence-corrected chi connectivity index (χ4v) is 4.68. The molecule has 33 heavy (non-hydrogen) atoms. The number of hydrogen-bond acceptors (Lipinski definition) is 6. The van der Waals surface area contributed by atoms with E-state index in [1.165, 1.54) is 16.2 Å². The van der Waals surface area contributed by atoms with Gasteiger partial charge < -0.3 is 26.4 Å². The number of rotatable bonds is 6. The lowest BCUT2D eigenvalue weighted by atomic mass is 10.1. The van der Waals surface area contributed by atoms with Crippen molar-refractivity contribution < 1.29 is 23.9 Å². The molecule has 0 radical (unpaired) electrons. The molecule has 0 spiro atoms. The van der Waals surface area contributed by atoms with Gasteiger partial charge in [-0.3, -0.25) is 10.1 Å². The van der Waals surface area contributed by atoms with E-state index in [1.807, 2.05) is 0 Å². The van der Waals surface area contributed by atoms with Crippen molar-refractivity contribution in [3.8, 4) is 10.4 Å². The van der Waals surface area contributed by atoms with Crippen molar-refractivity contribution in [2.45, 2.75) is 37.8 Å². The number of nitrogens with zero attached hydrogens (tertiary/aromatic N) is 1. The number of carbonyl (C=O) groups excluding carboxylic acids is 4. The highest BCUT2D eigenvalue weighted by Crippen LogP contribution is 2.36. The molecular weight excluding hydrogens is 446 g/mol. The van der Waals surface area contributed by atoms with Crippen molar-refractivity contribution in [2.24, 2.45) is 11.5 Å². The fourth-order valence-electron chi connectivity index (χ4n) is 3.62. The molecule has 2 heterocycles. The van der Waals surface area contributed by atoms with Crippen LogP contribution >= 0.6 is 11.3 Å². The van der Waals surface area contributed by atoms with Crippen LogP contribution in [0.25, 0.3) is 10.4 Å². The molecule has 1 saturated heterocycles. The van der Waals surface area contributed by atoms with Crippen LogP contribution in [-0.2, 0) is 4.74 Å². The Hall–Kier alpha value is -3.60. The van der Waals surface area contributed by atoms with Gasteiger partial charge in [-0.2, -0.15) is 0 Å². The number of piperidine rings is 1. The third kappa shape index (κ3) is 5.61. The van der Waals surface area contributed by atoms with Gasteiger partial charge in [-0.1, -0.05) is 12.1 Å². The number of carbonyl (C=O) groups is 4. The van der Waals surface area contributed by atoms with Gasteiger partial charge in [0, 0.05) is 23.0 Å². The van der Waals surface area contributed by atoms with Crippen molar-refractivity contribution >= 4 is 40.3 Å². The number of urea groups is 2. The zero-order chi connectivity index (χ0) is 23.5. The minimum Gasteiger partial charge on any atom is -0.457 e. The van der Waals surface area contributed by atoms with Gasteiger partial charge in [0.25, 0.3) is 5.91 Å². The molecule has 2 aromatic rings. The number of nitrogens with two attached hydrogens (primary N) is 2. The Bertz CT molecular complexity index is 1080. The first kappa shape index (κ1) is 22.6. The van der Waals surface area contributed by atoms with Crippen molar-refractivity contribution in [3.63, 3.8) is 0 Å². The molecule has 174 valence electrons. The molecule has 5 amide bonds. The molecule has 1 atom stereocenters. The second-order valence-corrected chi connectivity index (χ2v) is 9.17. The number of esters is 1. The molecule has 2 fully saturated rings. The van der Waals surface area contributed by atoms with Gasteiger partial charge in [0.15, 0.2) is 0 Å². The van der Waals surface area contributed by atoms with Crippen LogP contribution in [0.3, 0.4) is 0 Å². The molecule has 10 nitrogen and oxygen atoms in total. The predicted octanol–water partition coefficient (Wildman–Crippen LogP) is 2.50. The standard InChI is InChI=1S/C22H25N5O5S/c23-21(30)26-19-16(20(29)32-15-2-1-9-27(11-15)22(24)31)10-17(33-19)12-3-5-13(6-4-12)18(28)25-14-7-8-14/h3-6,10,14-15H,1-2,7-9,11H2,(H2,24,31)(H,25,28)(H3,23,26,30). The van der Waals surface area contributed by atoms with Crippen molar-refractivity contribution in [1.82, 2.24) is 10.2 Å². The summed E-state index contributed by atoms with van der Waals surface area (Å²) in [5.74, 6) is -0.744. The van der Waals surface area contributed by atoms with E-state index in [-0.39, 0.29) is 29.1 Å². The van der Waals surface area contributed by atoms with Crippen LogP contribution in [0.5, 0.6) is 0 Å². The SMILES string of the molecule is NC(=O)Nc1sc(-c2ccc(C(=O)NC3CC3)cc2)cc1C(=O)OC1CCCN(C(N)=O)C1. The second-order valence-electron chi connectivity index (χ2n) is 8.12. The Morgan fingerprint density at radius 2 is 1.79 bits per heavy atom. The van der Waals surface area contributed by atoms with Crippen LogP contribution in [0.2, 0.25) is 0 Å². The molecule has 1 aliphatic carbocycles. The highest BCUT2D eigenvalue weighted by Gasteiger charge is 2.28. The first-order valence-electron chi connectivity index (χ1n) is 10.7. The van der Waals surface area contributed by atoms with E-state index in [2.05, 4.69) is 10.6 Å². The van der Waals surface area contributed by atoms with Gasteiger partial charge in [-0.15, -0.1) is 11.3 Å². The van der Waals surface area contributed by atoms with Gasteiger partial charge in [-0.05, 0) is 49.4 Å². The molecule has 1 aromatic carbocycles. The summed E-state index contributed by atoms with van der Waals surface area (Å²) in [6.07, 6.45) is 2.80. The Morgan fingerprint density at radius 3 is 2.42 bits per heavy atom. The molecule has 1 unspecified atom stereocenters. The molecule has 2 aliphatic rings. The zero-order valence-electron chi connectivity index (χ0n) is 17.8. The lowest BCUT2D eigenvalue weighted by Gasteiger charge is -2.31. The maximum atomic E-state index is 12.9. The van der Waals surface area contributed by atoms with Crippen LogP contribution in [0, 0.1) is 0 Å². The molecule has 11 heteroatoms. The van der Waals surface area contributed by atoms with Crippen LogP contribution in [0.15, 0.2) is 30.3 Å². The quantitative estimate of drug-likeness (QED) is 0.476. The fraction of sp³-hybridized carbons (Fsp3) is 0.364. The first-order valence-corrected chi connectivity index (χ1v) is 11.5. The molecule has 1 aromatic heterocycles. The number of anilines is 1. The van der Waals surface area contributed by atoms with Gasteiger partial charge in [0.2, 0.25) is 0 Å². The number of thiophene rings is 1. The number of nitrogens with one attached hydrogen (secondary N) is 2. The summed E-state index contributed by atoms with van der Waals surface area (Å²) < 4.78 is 5.60. The zero-order valence-corrected chi connectivity index (χ0v) is 18.7. The number of benzene rings is 1. The number of primary amides is 2. The Morgan fingerprint density at radius 1 is 1.06 bits per heavy atom. The van der Waals surface area contributed by atoms with Crippen molar-refractivity contribution in [1.29, 1.82) is 0 Å². The average Bonchev–Trinajstić information content (AvgIpc) is 3.50. The van der Waals surface area contributed by atoms with E-state index in [0.717, 1.165) is 18.4 Å². The lowest BCUT2D eigenvalue weighted by Crippen LogP contribution is -2.46. The molecule has 4 rings (SSSR count). The second kappa shape index (κ2) is 9.49. The molecule has 1 aliphatic heterocycles. The van der Waals surface area contributed by atoms with Crippen molar-refractivity contribution in [2.75, 3.05) is 18.4 Å². The molecule has 6 N–H and O–H groups in total. The van der Waals surface area contributed by atoms with Crippen molar-refractivity contribution in [3.05, 3.63) is 41.5 Å². The number of amides is 5. The van der Waals surface area contributed by atoms with Gasteiger partial charge >= 0.3 is 18.0 Å². The number of likely N-dealkylation sites (tertiary alicyclic amines) is 1. The third-order valence-electron chi connectivity index (χ3n) is 5.50. The maximum absolute atomic E-state index is 12.9. The molecular formula is C22H25N5O5S. The van der Waals surface area contributed by atoms with E-state index in [1.54, 1.807) is 30.3 Å². The largest absolute Gasteiger partial charge is 0.457 e. The Kier molecular flexibility index (Phi) is 6.50. The van der Waals surface area contributed by atoms with E-state index >= 15 is 0 Å². The topological polar surface area (TPSA) is 157 Å². The summed E-state index contributed by atoms with van der Waals surface area (Å²) in [5.41, 5.74) is 12.1. The lowest BCUT2D eigenvalue weighted by molar-refractivity contribution is 0.0129. The Labute approximate surface area is 194 Å². The average molecular weight is 472 g/mol. The van der Waals surface area contributed by atoms with E-state index in [9.17, 15) is 19.2 Å². The van der Waals surface area contributed by atoms with E-state index in [0.29, 0.717) is 29.8 Å². The summed E-state index contributed by atoms with van der Waals surface area (Å²) in [6.45, 7) is 0.746. The van der Waals surface area contributed by atoms with Gasteiger partial charge in [0.05, 0.1) is 12.1 Å². The number of ether oxygens (including phenoxy) is 1. The first-order chi connectivity index (χ1) is 15.8. The van der Waals surface area contributed by atoms with Crippen LogP contribution in [0.1, 0.15) is 46.4 Å². The van der Waals surface area contributed by atoms with Gasteiger partial charge in [0.1, 0.15) is 11.1 Å². The van der Waals surface area contributed by atoms with E-state index in [4.69, 9.17) is 16.2 Å². The molecule has 0 bridgehead atoms. The van der Waals surface area contributed by atoms with E-state index < -0.39 is 24.1 Å². The summed E-state index contributed by atoms with van der Waals surface area (Å²) in [7, 11) is 0. The van der Waals surface area contributed by atoms with Gasteiger partial charge in [-0.25, -0.2) is 14.4 Å². The third-order valence-corrected chi connectivity index (χ3v) is 6.60.